The number of para-hydroxylation sites is 2. The number of hydrogen-bond donors (Lipinski definition) is 3. The summed E-state index contributed by atoms with van der Waals surface area (Å²) in [6.45, 7) is 4.11. The molecule has 0 saturated carbocycles. The van der Waals surface area contributed by atoms with E-state index in [-0.39, 0.29) is 11.5 Å². The van der Waals surface area contributed by atoms with Gasteiger partial charge in [-0.25, -0.2) is 0 Å². The molecule has 7 rings (SSSR count). The molecule has 2 aliphatic carbocycles. The lowest BCUT2D eigenvalue weighted by Gasteiger charge is -2.37. The highest BCUT2D eigenvalue weighted by Gasteiger charge is 2.73. The van der Waals surface area contributed by atoms with Gasteiger partial charge in [0, 0.05) is 33.9 Å². The Bertz CT molecular complexity index is 1590. The first kappa shape index (κ1) is 23.9. The highest BCUT2D eigenvalue weighted by atomic mass is 16.6. The van der Waals surface area contributed by atoms with Gasteiger partial charge < -0.3 is 25.6 Å². The second-order valence-corrected chi connectivity index (χ2v) is 10.9. The van der Waals surface area contributed by atoms with E-state index in [0.29, 0.717) is 45.9 Å². The quantitative estimate of drug-likeness (QED) is 0.475. The number of aliphatic hydroxyl groups is 1. The molecule has 0 aromatic heterocycles. The van der Waals surface area contributed by atoms with Gasteiger partial charge in [-0.1, -0.05) is 74.5 Å². The number of fused-ring (bicyclic) bond motifs is 6. The summed E-state index contributed by atoms with van der Waals surface area (Å²) < 4.78 is 12.3. The highest BCUT2D eigenvalue weighted by molar-refractivity contribution is 6.13. The normalized spacial score (nSPS) is 26.3. The number of nitrogens with one attached hydrogen (secondary N) is 1. The monoisotopic (exact) mass is 520 g/mol. The summed E-state index contributed by atoms with van der Waals surface area (Å²) in [5.41, 5.74) is 7.81. The Kier molecular flexibility index (Phi) is 4.99. The highest BCUT2D eigenvalue weighted by Crippen LogP contribution is 2.58. The lowest BCUT2D eigenvalue weighted by molar-refractivity contribution is -0.162. The van der Waals surface area contributed by atoms with E-state index in [1.807, 2.05) is 66.7 Å². The maximum absolute atomic E-state index is 14.4. The number of rotatable bonds is 3. The molecule has 0 spiro atoms. The van der Waals surface area contributed by atoms with Crippen LogP contribution in [0.5, 0.6) is 17.2 Å². The third kappa shape index (κ3) is 3.05. The molecule has 7 nitrogen and oxygen atoms in total. The van der Waals surface area contributed by atoms with Gasteiger partial charge in [0.1, 0.15) is 17.2 Å². The summed E-state index contributed by atoms with van der Waals surface area (Å²) in [6.07, 6.45) is 3.97. The molecular formula is C32H28N2O5. The van der Waals surface area contributed by atoms with E-state index in [1.165, 1.54) is 0 Å². The molecule has 2 heterocycles. The number of amides is 1. The fraction of sp³-hybridized carbons (Fsp3) is 0.250. The molecule has 3 aromatic carbocycles. The van der Waals surface area contributed by atoms with Crippen molar-refractivity contribution in [3.63, 3.8) is 0 Å². The number of hydrogen-bond acceptors (Lipinski definition) is 6. The summed E-state index contributed by atoms with van der Waals surface area (Å²) in [7, 11) is 0. The van der Waals surface area contributed by atoms with Gasteiger partial charge in [-0.3, -0.25) is 9.59 Å². The predicted octanol–water partition coefficient (Wildman–Crippen LogP) is 4.31. The zero-order valence-corrected chi connectivity index (χ0v) is 21.6. The zero-order chi connectivity index (χ0) is 27.1. The average molecular weight is 521 g/mol. The molecule has 39 heavy (non-hydrogen) atoms. The van der Waals surface area contributed by atoms with Gasteiger partial charge in [0.15, 0.2) is 5.78 Å². The molecule has 0 radical (unpaired) electrons. The first-order valence-corrected chi connectivity index (χ1v) is 13.2. The van der Waals surface area contributed by atoms with E-state index in [2.05, 4.69) is 19.2 Å². The van der Waals surface area contributed by atoms with E-state index in [9.17, 15) is 14.7 Å². The van der Waals surface area contributed by atoms with Crippen LogP contribution in [-0.2, 0) is 15.1 Å². The van der Waals surface area contributed by atoms with Crippen molar-refractivity contribution >= 4 is 11.7 Å². The van der Waals surface area contributed by atoms with Crippen molar-refractivity contribution in [2.24, 2.45) is 5.73 Å². The maximum atomic E-state index is 14.4. The second kappa shape index (κ2) is 8.15. The molecule has 3 unspecified atom stereocenters. The molecule has 0 saturated heterocycles. The fourth-order valence-corrected chi connectivity index (χ4v) is 6.43. The molecule has 196 valence electrons. The van der Waals surface area contributed by atoms with Gasteiger partial charge in [0.05, 0.1) is 5.92 Å². The van der Waals surface area contributed by atoms with E-state index < -0.39 is 35.0 Å². The molecule has 3 aromatic rings. The smallest absolute Gasteiger partial charge is 0.270 e. The second-order valence-electron chi connectivity index (χ2n) is 10.9. The van der Waals surface area contributed by atoms with Gasteiger partial charge in [-0.2, -0.15) is 0 Å². The average Bonchev–Trinajstić information content (AvgIpc) is 3.28. The molecule has 0 bridgehead atoms. The van der Waals surface area contributed by atoms with Crippen molar-refractivity contribution < 1.29 is 24.2 Å². The van der Waals surface area contributed by atoms with Gasteiger partial charge in [0.2, 0.25) is 11.4 Å². The minimum atomic E-state index is -2.15. The molecule has 4 N–H and O–H groups in total. The summed E-state index contributed by atoms with van der Waals surface area (Å²) >= 11 is 0. The fourth-order valence-electron chi connectivity index (χ4n) is 6.43. The number of carbonyl (C=O) groups is 2. The van der Waals surface area contributed by atoms with Crippen LogP contribution in [0.25, 0.3) is 0 Å². The topological polar surface area (TPSA) is 111 Å². The first-order valence-electron chi connectivity index (χ1n) is 13.2. The van der Waals surface area contributed by atoms with Gasteiger partial charge >= 0.3 is 0 Å². The summed E-state index contributed by atoms with van der Waals surface area (Å²) in [5, 5.41) is 15.3. The minimum Gasteiger partial charge on any atom is -0.457 e. The van der Waals surface area contributed by atoms with Crippen LogP contribution in [-0.4, -0.2) is 28.6 Å². The lowest BCUT2D eigenvalue weighted by atomic mass is 9.79. The Labute approximate surface area is 225 Å². The van der Waals surface area contributed by atoms with Crippen LogP contribution in [0, 0.1) is 0 Å². The summed E-state index contributed by atoms with van der Waals surface area (Å²) in [4.78, 5) is 28.8. The number of Topliss-reactive ketones (excluding diaryl/α,β-unsaturated/α-hetero) is 1. The standard InChI is InChI=1S/C32H28N2O5/c1-17(2)18-14-15-21-26(16-18)39-32(37)22-10-7-11-23(33)28(22)29(35)31(21,32)34-30(36)27-19-8-3-5-12-24(19)38-25-13-6-4-9-20(25)27/h3-10,12-17,23,27,37H,11,33H2,1-2H3,(H,34,36). The molecule has 0 fully saturated rings. The van der Waals surface area contributed by atoms with Gasteiger partial charge in [-0.05, 0) is 36.1 Å². The van der Waals surface area contributed by atoms with Crippen LogP contribution in [0.1, 0.15) is 54.4 Å². The SMILES string of the molecule is CC(C)c1ccc2c(c1)OC1(O)C3=C(C(=O)C21NC(=O)C1c2ccccc2Oc2ccccc21)C(N)CC=C3. The molecule has 2 aliphatic heterocycles. The molecule has 1 amide bonds. The van der Waals surface area contributed by atoms with Crippen molar-refractivity contribution in [3.05, 3.63) is 112 Å². The number of nitrogens with two attached hydrogens (primary N) is 1. The number of ether oxygens (including phenoxy) is 2. The van der Waals surface area contributed by atoms with Crippen LogP contribution in [0.2, 0.25) is 0 Å². The number of ketones is 1. The van der Waals surface area contributed by atoms with Crippen molar-refractivity contribution in [1.29, 1.82) is 0 Å². The largest absolute Gasteiger partial charge is 0.457 e. The third-order valence-corrected chi connectivity index (χ3v) is 8.38. The lowest BCUT2D eigenvalue weighted by Crippen LogP contribution is -2.63. The Morgan fingerprint density at radius 2 is 1.69 bits per heavy atom. The van der Waals surface area contributed by atoms with Crippen molar-refractivity contribution in [2.75, 3.05) is 0 Å². The number of benzene rings is 3. The third-order valence-electron chi connectivity index (χ3n) is 8.38. The zero-order valence-electron chi connectivity index (χ0n) is 21.6. The molecule has 7 heteroatoms. The Balaban J connectivity index is 1.41. The Hall–Kier alpha value is -4.20. The van der Waals surface area contributed by atoms with Crippen molar-refractivity contribution in [1.82, 2.24) is 5.32 Å². The van der Waals surface area contributed by atoms with Crippen LogP contribution in [0.15, 0.2) is 90.0 Å². The van der Waals surface area contributed by atoms with Crippen LogP contribution in [0.4, 0.5) is 0 Å². The van der Waals surface area contributed by atoms with Crippen molar-refractivity contribution in [2.45, 2.75) is 49.5 Å². The molecule has 4 aliphatic rings. The first-order chi connectivity index (χ1) is 18.8. The van der Waals surface area contributed by atoms with Crippen molar-refractivity contribution in [3.8, 4) is 17.2 Å². The van der Waals surface area contributed by atoms with E-state index >= 15 is 0 Å². The Morgan fingerprint density at radius 3 is 2.36 bits per heavy atom. The minimum absolute atomic E-state index is 0.197. The summed E-state index contributed by atoms with van der Waals surface area (Å²) in [5.74, 6) is -2.14. The van der Waals surface area contributed by atoms with Crippen LogP contribution < -0.4 is 20.5 Å². The molecular weight excluding hydrogens is 492 g/mol. The summed E-state index contributed by atoms with van der Waals surface area (Å²) in [6, 6.07) is 19.6. The number of carbonyl (C=O) groups excluding carboxylic acids is 2. The van der Waals surface area contributed by atoms with E-state index in [4.69, 9.17) is 15.2 Å². The Morgan fingerprint density at radius 1 is 1.03 bits per heavy atom. The van der Waals surface area contributed by atoms with Crippen LogP contribution in [0.3, 0.4) is 0 Å². The maximum Gasteiger partial charge on any atom is 0.270 e. The van der Waals surface area contributed by atoms with E-state index in [1.54, 1.807) is 12.1 Å². The van der Waals surface area contributed by atoms with E-state index in [0.717, 1.165) is 5.56 Å². The van der Waals surface area contributed by atoms with Gasteiger partial charge in [0.25, 0.3) is 5.79 Å². The van der Waals surface area contributed by atoms with Crippen LogP contribution >= 0.6 is 0 Å². The predicted molar refractivity (Wildman–Crippen MR) is 144 cm³/mol. The molecule has 3 atom stereocenters. The van der Waals surface area contributed by atoms with Gasteiger partial charge in [-0.15, -0.1) is 0 Å².